The molecule has 0 aromatic rings. The molecule has 0 heterocycles. The van der Waals surface area contributed by atoms with Crippen molar-refractivity contribution in [2.75, 3.05) is 0 Å². The quantitative estimate of drug-likeness (QED) is 0.494. The third kappa shape index (κ3) is 10.4. The fourth-order valence-corrected chi connectivity index (χ4v) is 2.24. The van der Waals surface area contributed by atoms with Crippen molar-refractivity contribution in [1.82, 2.24) is 0 Å². The Bertz CT molecular complexity index is 178. The smallest absolute Gasteiger partial charge is 0.550 e. The maximum absolute atomic E-state index is 10.3. The molecule has 0 aromatic heterocycles. The standard InChI is InChI=1S/C8H14O4S.Na/c1-5(3-7(9)10)13-6(2)4-8(11)12;/h5-6H,3-4H2,1-2H3,(H,9,10)(H,11,12);/q;+1/p-1. The van der Waals surface area contributed by atoms with Crippen LogP contribution in [0, 0.1) is 0 Å². The van der Waals surface area contributed by atoms with E-state index in [9.17, 15) is 14.7 Å². The van der Waals surface area contributed by atoms with Crippen LogP contribution in [0.4, 0.5) is 0 Å². The predicted molar refractivity (Wildman–Crippen MR) is 48.4 cm³/mol. The van der Waals surface area contributed by atoms with Gasteiger partial charge in [0.05, 0.1) is 6.42 Å². The van der Waals surface area contributed by atoms with Crippen molar-refractivity contribution in [3.05, 3.63) is 0 Å². The first-order valence-corrected chi connectivity index (χ1v) is 4.93. The Morgan fingerprint density at radius 2 is 1.71 bits per heavy atom. The summed E-state index contributed by atoms with van der Waals surface area (Å²) in [4.78, 5) is 20.4. The molecule has 4 nitrogen and oxygen atoms in total. The molecule has 0 bridgehead atoms. The number of thioether (sulfide) groups is 1. The van der Waals surface area contributed by atoms with Crippen molar-refractivity contribution in [2.24, 2.45) is 0 Å². The molecule has 0 amide bonds. The minimum atomic E-state index is -1.09. The third-order valence-electron chi connectivity index (χ3n) is 1.38. The molecule has 0 rings (SSSR count). The first-order chi connectivity index (χ1) is 5.91. The Hall–Kier alpha value is 0.290. The number of carbonyl (C=O) groups excluding carboxylic acids is 1. The molecule has 0 saturated carbocycles. The van der Waals surface area contributed by atoms with Crippen molar-refractivity contribution in [2.45, 2.75) is 37.2 Å². The molecule has 76 valence electrons. The molecular formula is C8H13NaO4S. The predicted octanol–water partition coefficient (Wildman–Crippen LogP) is -2.88. The summed E-state index contributed by atoms with van der Waals surface area (Å²) in [6.07, 6.45) is 0.0245. The molecule has 0 fully saturated rings. The van der Waals surface area contributed by atoms with Gasteiger partial charge in [-0.05, 0) is 6.42 Å². The van der Waals surface area contributed by atoms with E-state index in [1.54, 1.807) is 13.8 Å². The van der Waals surface area contributed by atoms with Gasteiger partial charge >= 0.3 is 35.5 Å². The molecule has 14 heavy (non-hydrogen) atoms. The number of hydrogen-bond donors (Lipinski definition) is 1. The zero-order valence-corrected chi connectivity index (χ0v) is 11.5. The van der Waals surface area contributed by atoms with Gasteiger partial charge in [-0.25, -0.2) is 0 Å². The van der Waals surface area contributed by atoms with Gasteiger partial charge < -0.3 is 15.0 Å². The Morgan fingerprint density at radius 1 is 1.29 bits per heavy atom. The summed E-state index contributed by atoms with van der Waals surface area (Å²) in [5.41, 5.74) is 0. The second-order valence-corrected chi connectivity index (χ2v) is 4.81. The SMILES string of the molecule is CC(CC(=O)[O-])SC(C)CC(=O)O.[Na+]. The number of hydrogen-bond acceptors (Lipinski definition) is 4. The zero-order valence-electron chi connectivity index (χ0n) is 8.65. The van der Waals surface area contributed by atoms with E-state index in [2.05, 4.69) is 0 Å². The van der Waals surface area contributed by atoms with Crippen LogP contribution in [0.1, 0.15) is 26.7 Å². The van der Waals surface area contributed by atoms with Crippen molar-refractivity contribution < 1.29 is 49.4 Å². The van der Waals surface area contributed by atoms with E-state index < -0.39 is 11.9 Å². The van der Waals surface area contributed by atoms with Gasteiger partial charge in [-0.15, -0.1) is 0 Å². The first kappa shape index (κ1) is 16.7. The molecule has 0 radical (unpaired) electrons. The molecular weight excluding hydrogens is 215 g/mol. The summed E-state index contributed by atoms with van der Waals surface area (Å²) in [5.74, 6) is -1.96. The zero-order chi connectivity index (χ0) is 10.4. The fourth-order valence-electron chi connectivity index (χ4n) is 0.973. The summed E-state index contributed by atoms with van der Waals surface area (Å²) in [7, 11) is 0. The minimum absolute atomic E-state index is 0. The Morgan fingerprint density at radius 3 is 2.07 bits per heavy atom. The number of aliphatic carboxylic acids is 2. The normalized spacial score (nSPS) is 13.9. The maximum atomic E-state index is 10.3. The van der Waals surface area contributed by atoms with Crippen LogP contribution < -0.4 is 34.7 Å². The number of carboxylic acid groups (broad SMARTS) is 2. The number of carbonyl (C=O) groups is 2. The Labute approximate surface area is 110 Å². The van der Waals surface area contributed by atoms with Crippen LogP contribution in [0.15, 0.2) is 0 Å². The van der Waals surface area contributed by atoms with Gasteiger partial charge in [0.25, 0.3) is 0 Å². The number of carboxylic acids is 2. The van der Waals surface area contributed by atoms with Crippen LogP contribution in [0.5, 0.6) is 0 Å². The Balaban J connectivity index is 0. The second kappa shape index (κ2) is 8.59. The fraction of sp³-hybridized carbons (Fsp3) is 0.750. The van der Waals surface area contributed by atoms with E-state index in [1.165, 1.54) is 11.8 Å². The summed E-state index contributed by atoms with van der Waals surface area (Å²) in [6, 6.07) is 0. The van der Waals surface area contributed by atoms with Gasteiger partial charge in [-0.3, -0.25) is 4.79 Å². The van der Waals surface area contributed by atoms with Crippen molar-refractivity contribution in [1.29, 1.82) is 0 Å². The molecule has 1 N–H and O–H groups in total. The van der Waals surface area contributed by atoms with E-state index >= 15 is 0 Å². The van der Waals surface area contributed by atoms with Crippen molar-refractivity contribution in [3.63, 3.8) is 0 Å². The molecule has 0 spiro atoms. The first-order valence-electron chi connectivity index (χ1n) is 3.99. The van der Waals surface area contributed by atoms with Crippen molar-refractivity contribution in [3.8, 4) is 0 Å². The van der Waals surface area contributed by atoms with Crippen molar-refractivity contribution >= 4 is 23.7 Å². The van der Waals surface area contributed by atoms with Gasteiger partial charge in [0.15, 0.2) is 0 Å². The molecule has 0 aromatic carbocycles. The van der Waals surface area contributed by atoms with Gasteiger partial charge in [-0.2, -0.15) is 11.8 Å². The molecule has 2 unspecified atom stereocenters. The third-order valence-corrected chi connectivity index (χ3v) is 2.64. The van der Waals surface area contributed by atoms with Crippen LogP contribution in [0.25, 0.3) is 0 Å². The topological polar surface area (TPSA) is 77.4 Å². The molecule has 6 heteroatoms. The molecule has 2 atom stereocenters. The summed E-state index contributed by atoms with van der Waals surface area (Å²) in [5, 5.41) is 18.4. The van der Waals surface area contributed by atoms with E-state index in [4.69, 9.17) is 5.11 Å². The van der Waals surface area contributed by atoms with Crippen LogP contribution >= 0.6 is 11.8 Å². The maximum Gasteiger partial charge on any atom is 1.00 e. The summed E-state index contributed by atoms with van der Waals surface area (Å²) < 4.78 is 0. The van der Waals surface area contributed by atoms with Gasteiger partial charge in [-0.1, -0.05) is 13.8 Å². The molecule has 0 saturated heterocycles. The molecule has 0 aliphatic carbocycles. The largest absolute Gasteiger partial charge is 1.00 e. The van der Waals surface area contributed by atoms with E-state index in [0.29, 0.717) is 0 Å². The molecule has 0 aliphatic heterocycles. The van der Waals surface area contributed by atoms with Crippen LogP contribution in [-0.2, 0) is 9.59 Å². The Kier molecular flexibility index (Phi) is 10.2. The monoisotopic (exact) mass is 228 g/mol. The van der Waals surface area contributed by atoms with Crippen LogP contribution in [0.3, 0.4) is 0 Å². The van der Waals surface area contributed by atoms with Gasteiger partial charge in [0.2, 0.25) is 0 Å². The van der Waals surface area contributed by atoms with E-state index in [1.807, 2.05) is 0 Å². The van der Waals surface area contributed by atoms with E-state index in [-0.39, 0.29) is 52.9 Å². The average molecular weight is 228 g/mol. The average Bonchev–Trinajstić information content (AvgIpc) is 1.80. The van der Waals surface area contributed by atoms with Crippen LogP contribution in [0.2, 0.25) is 0 Å². The molecule has 0 aliphatic rings. The second-order valence-electron chi connectivity index (χ2n) is 2.93. The number of rotatable bonds is 6. The summed E-state index contributed by atoms with van der Waals surface area (Å²) >= 11 is 1.35. The van der Waals surface area contributed by atoms with Gasteiger partial charge in [0.1, 0.15) is 0 Å². The summed E-state index contributed by atoms with van der Waals surface area (Å²) in [6.45, 7) is 3.52. The van der Waals surface area contributed by atoms with Gasteiger partial charge in [0, 0.05) is 16.5 Å². The minimum Gasteiger partial charge on any atom is -0.550 e. The van der Waals surface area contributed by atoms with Crippen LogP contribution in [-0.4, -0.2) is 27.5 Å². The van der Waals surface area contributed by atoms with E-state index in [0.717, 1.165) is 0 Å².